The molecular weight excluding hydrogens is 290 g/mol. The van der Waals surface area contributed by atoms with E-state index in [1.807, 2.05) is 0 Å². The number of piperidine rings is 1. The number of nitrogens with zero attached hydrogens (tertiary/aromatic N) is 2. The Bertz CT molecular complexity index is 453. The van der Waals surface area contributed by atoms with E-state index in [0.29, 0.717) is 10.8 Å². The summed E-state index contributed by atoms with van der Waals surface area (Å²) in [4.78, 5) is 18.7. The first-order valence-corrected chi connectivity index (χ1v) is 7.82. The van der Waals surface area contributed by atoms with Crippen molar-refractivity contribution in [2.45, 2.75) is 25.7 Å². The molecule has 1 unspecified atom stereocenters. The van der Waals surface area contributed by atoms with Crippen LogP contribution in [0.3, 0.4) is 0 Å². The Kier molecular flexibility index (Phi) is 6.42. The molecule has 0 radical (unpaired) electrons. The highest BCUT2D eigenvalue weighted by Crippen LogP contribution is 2.19. The van der Waals surface area contributed by atoms with Gasteiger partial charge in [-0.1, -0.05) is 11.6 Å². The summed E-state index contributed by atoms with van der Waals surface area (Å²) in [6, 6.07) is 3.42. The Morgan fingerprint density at radius 3 is 3.05 bits per heavy atom. The summed E-state index contributed by atoms with van der Waals surface area (Å²) in [6.45, 7) is 3.00. The predicted molar refractivity (Wildman–Crippen MR) is 83.4 cm³/mol. The molecule has 0 spiro atoms. The van der Waals surface area contributed by atoms with E-state index < -0.39 is 0 Å². The van der Waals surface area contributed by atoms with Gasteiger partial charge in [0, 0.05) is 19.3 Å². The van der Waals surface area contributed by atoms with Gasteiger partial charge in [-0.25, -0.2) is 4.98 Å². The molecule has 0 aliphatic carbocycles. The van der Waals surface area contributed by atoms with Crippen molar-refractivity contribution in [3.8, 4) is 0 Å². The average Bonchev–Trinajstić information content (AvgIpc) is 2.50. The van der Waals surface area contributed by atoms with Crippen LogP contribution in [0.15, 0.2) is 18.3 Å². The summed E-state index contributed by atoms with van der Waals surface area (Å²) in [5.41, 5.74) is 0. The van der Waals surface area contributed by atoms with Gasteiger partial charge in [0.15, 0.2) is 0 Å². The number of rotatable bonds is 6. The zero-order valence-electron chi connectivity index (χ0n) is 12.1. The van der Waals surface area contributed by atoms with Crippen molar-refractivity contribution in [1.82, 2.24) is 9.88 Å². The maximum atomic E-state index is 12.3. The molecule has 2 heterocycles. The van der Waals surface area contributed by atoms with Gasteiger partial charge < -0.3 is 15.3 Å². The molecule has 5 nitrogen and oxygen atoms in total. The quantitative estimate of drug-likeness (QED) is 0.790. The minimum absolute atomic E-state index is 0.00496. The number of aromatic nitrogens is 1. The minimum Gasteiger partial charge on any atom is -0.396 e. The Labute approximate surface area is 130 Å². The van der Waals surface area contributed by atoms with Crippen LogP contribution < -0.4 is 5.32 Å². The van der Waals surface area contributed by atoms with Gasteiger partial charge in [-0.05, 0) is 50.9 Å². The number of pyridine rings is 1. The standard InChI is InChI=1S/C15H22ClN3O2/c16-13-5-6-14(17-10-13)18-15(21)12-4-3-8-19(11-12)7-1-2-9-20/h5-6,10,12,20H,1-4,7-9,11H2,(H,17,18,21). The first-order valence-electron chi connectivity index (χ1n) is 7.44. The van der Waals surface area contributed by atoms with Gasteiger partial charge in [-0.3, -0.25) is 4.79 Å². The van der Waals surface area contributed by atoms with Crippen LogP contribution in [-0.2, 0) is 4.79 Å². The molecule has 0 aromatic carbocycles. The van der Waals surface area contributed by atoms with Crippen molar-refractivity contribution in [2.75, 3.05) is 31.6 Å². The van der Waals surface area contributed by atoms with E-state index in [0.717, 1.165) is 45.3 Å². The van der Waals surface area contributed by atoms with E-state index in [9.17, 15) is 4.79 Å². The van der Waals surface area contributed by atoms with Crippen LogP contribution >= 0.6 is 11.6 Å². The fraction of sp³-hybridized carbons (Fsp3) is 0.600. The SMILES string of the molecule is O=C(Nc1ccc(Cl)cn1)C1CCCN(CCCCO)C1. The third-order valence-corrected chi connectivity index (χ3v) is 3.96. The number of unbranched alkanes of at least 4 members (excludes halogenated alkanes) is 1. The van der Waals surface area contributed by atoms with Gasteiger partial charge in [-0.2, -0.15) is 0 Å². The van der Waals surface area contributed by atoms with Crippen LogP contribution in [0.2, 0.25) is 5.02 Å². The number of likely N-dealkylation sites (tertiary alicyclic amines) is 1. The molecule has 2 rings (SSSR count). The normalized spacial score (nSPS) is 19.4. The highest BCUT2D eigenvalue weighted by molar-refractivity contribution is 6.30. The van der Waals surface area contributed by atoms with Crippen LogP contribution in [0.4, 0.5) is 5.82 Å². The molecule has 21 heavy (non-hydrogen) atoms. The molecule has 1 aromatic rings. The minimum atomic E-state index is 0.00496. The molecule has 1 aromatic heterocycles. The van der Waals surface area contributed by atoms with Crippen LogP contribution in [-0.4, -0.2) is 47.1 Å². The topological polar surface area (TPSA) is 65.5 Å². The van der Waals surface area contributed by atoms with Gasteiger partial charge in [0.25, 0.3) is 0 Å². The summed E-state index contributed by atoms with van der Waals surface area (Å²) >= 11 is 5.78. The lowest BCUT2D eigenvalue weighted by molar-refractivity contribution is -0.121. The number of carbonyl (C=O) groups excluding carboxylic acids is 1. The lowest BCUT2D eigenvalue weighted by Gasteiger charge is -2.31. The summed E-state index contributed by atoms with van der Waals surface area (Å²) in [5, 5.41) is 12.2. The van der Waals surface area contributed by atoms with E-state index >= 15 is 0 Å². The number of hydrogen-bond acceptors (Lipinski definition) is 4. The summed E-state index contributed by atoms with van der Waals surface area (Å²) in [6.07, 6.45) is 5.27. The zero-order chi connectivity index (χ0) is 15.1. The number of aliphatic hydroxyl groups is 1. The fourth-order valence-corrected chi connectivity index (χ4v) is 2.71. The van der Waals surface area contributed by atoms with Gasteiger partial charge in [-0.15, -0.1) is 0 Å². The third kappa shape index (κ3) is 5.26. The summed E-state index contributed by atoms with van der Waals surface area (Å²) in [7, 11) is 0. The van der Waals surface area contributed by atoms with Gasteiger partial charge >= 0.3 is 0 Å². The maximum Gasteiger partial charge on any atom is 0.229 e. The number of nitrogens with one attached hydrogen (secondary N) is 1. The molecular formula is C15H22ClN3O2. The highest BCUT2D eigenvalue weighted by Gasteiger charge is 2.25. The lowest BCUT2D eigenvalue weighted by atomic mass is 9.97. The van der Waals surface area contributed by atoms with Gasteiger partial charge in [0.1, 0.15) is 5.82 Å². The number of aliphatic hydroxyl groups excluding tert-OH is 1. The van der Waals surface area contributed by atoms with E-state index in [-0.39, 0.29) is 18.4 Å². The van der Waals surface area contributed by atoms with Gasteiger partial charge in [0.05, 0.1) is 10.9 Å². The molecule has 1 aliphatic rings. The smallest absolute Gasteiger partial charge is 0.229 e. The average molecular weight is 312 g/mol. The second kappa shape index (κ2) is 8.32. The zero-order valence-corrected chi connectivity index (χ0v) is 12.9. The Morgan fingerprint density at radius 1 is 1.48 bits per heavy atom. The van der Waals surface area contributed by atoms with E-state index in [2.05, 4.69) is 15.2 Å². The molecule has 1 fully saturated rings. The van der Waals surface area contributed by atoms with Crippen LogP contribution in [0, 0.1) is 5.92 Å². The van der Waals surface area contributed by atoms with Crippen molar-refractivity contribution < 1.29 is 9.90 Å². The summed E-state index contributed by atoms with van der Waals surface area (Å²) < 4.78 is 0. The van der Waals surface area contributed by atoms with E-state index in [4.69, 9.17) is 16.7 Å². The maximum absolute atomic E-state index is 12.3. The van der Waals surface area contributed by atoms with Crippen molar-refractivity contribution in [2.24, 2.45) is 5.92 Å². The van der Waals surface area contributed by atoms with Crippen molar-refractivity contribution in [3.05, 3.63) is 23.4 Å². The number of anilines is 1. The van der Waals surface area contributed by atoms with E-state index in [1.54, 1.807) is 12.1 Å². The second-order valence-corrected chi connectivity index (χ2v) is 5.86. The van der Waals surface area contributed by atoms with Crippen LogP contribution in [0.5, 0.6) is 0 Å². The monoisotopic (exact) mass is 311 g/mol. The first-order chi connectivity index (χ1) is 10.2. The van der Waals surface area contributed by atoms with Crippen molar-refractivity contribution >= 4 is 23.3 Å². The third-order valence-electron chi connectivity index (χ3n) is 3.74. The lowest BCUT2D eigenvalue weighted by Crippen LogP contribution is -2.41. The number of halogens is 1. The molecule has 2 N–H and O–H groups in total. The molecule has 6 heteroatoms. The first kappa shape index (κ1) is 16.2. The molecule has 1 aliphatic heterocycles. The highest BCUT2D eigenvalue weighted by atomic mass is 35.5. The largest absolute Gasteiger partial charge is 0.396 e. The van der Waals surface area contributed by atoms with Crippen molar-refractivity contribution in [3.63, 3.8) is 0 Å². The van der Waals surface area contributed by atoms with E-state index in [1.165, 1.54) is 6.20 Å². The predicted octanol–water partition coefficient (Wildman–Crippen LogP) is 2.16. The second-order valence-electron chi connectivity index (χ2n) is 5.42. The number of amides is 1. The fourth-order valence-electron chi connectivity index (χ4n) is 2.60. The van der Waals surface area contributed by atoms with Crippen molar-refractivity contribution in [1.29, 1.82) is 0 Å². The Hall–Kier alpha value is -1.17. The van der Waals surface area contributed by atoms with Crippen LogP contribution in [0.25, 0.3) is 0 Å². The van der Waals surface area contributed by atoms with Crippen LogP contribution in [0.1, 0.15) is 25.7 Å². The molecule has 1 amide bonds. The molecule has 0 saturated carbocycles. The molecule has 0 bridgehead atoms. The summed E-state index contributed by atoms with van der Waals surface area (Å²) in [5.74, 6) is 0.573. The number of hydrogen-bond donors (Lipinski definition) is 2. The van der Waals surface area contributed by atoms with Gasteiger partial charge in [0.2, 0.25) is 5.91 Å². The Morgan fingerprint density at radius 2 is 2.33 bits per heavy atom. The Balaban J connectivity index is 1.82. The molecule has 1 atom stereocenters. The number of carbonyl (C=O) groups is 1. The molecule has 116 valence electrons. The molecule has 1 saturated heterocycles.